The van der Waals surface area contributed by atoms with Crippen LogP contribution in [0.5, 0.6) is 5.75 Å². The fourth-order valence-electron chi connectivity index (χ4n) is 1.65. The molecule has 0 aromatic heterocycles. The second-order valence-electron chi connectivity index (χ2n) is 4.76. The summed E-state index contributed by atoms with van der Waals surface area (Å²) in [6, 6.07) is 7.69. The van der Waals surface area contributed by atoms with E-state index in [4.69, 9.17) is 4.74 Å². The van der Waals surface area contributed by atoms with E-state index in [1.807, 2.05) is 24.3 Å². The summed E-state index contributed by atoms with van der Waals surface area (Å²) in [5.74, 6) is 0.691. The minimum Gasteiger partial charge on any atom is -0.748 e. The molecule has 0 spiro atoms. The molecule has 0 fully saturated rings. The Labute approximate surface area is 134 Å². The monoisotopic (exact) mass is 334 g/mol. The van der Waals surface area contributed by atoms with Crippen molar-refractivity contribution < 1.29 is 17.7 Å². The lowest BCUT2D eigenvalue weighted by Crippen LogP contribution is -2.03. The van der Waals surface area contributed by atoms with Crippen molar-refractivity contribution in [1.29, 1.82) is 0 Å². The number of ether oxygens (including phenoxy) is 1. The van der Waals surface area contributed by atoms with Crippen molar-refractivity contribution in [2.24, 2.45) is 0 Å². The van der Waals surface area contributed by atoms with Crippen LogP contribution in [0.25, 0.3) is 0 Å². The first-order chi connectivity index (χ1) is 9.89. The van der Waals surface area contributed by atoms with E-state index in [0.717, 1.165) is 29.9 Å². The maximum Gasteiger partial charge on any atom is 0.150 e. The van der Waals surface area contributed by atoms with Crippen LogP contribution in [0.2, 0.25) is 0 Å². The van der Waals surface area contributed by atoms with Gasteiger partial charge in [-0.3, -0.25) is 0 Å². The molecule has 0 radical (unpaired) electrons. The Balaban J connectivity index is 0.000000394. The van der Waals surface area contributed by atoms with Gasteiger partial charge in [-0.25, -0.2) is 8.42 Å². The zero-order valence-corrected chi connectivity index (χ0v) is 14.6. The van der Waals surface area contributed by atoms with Gasteiger partial charge >= 0.3 is 0 Å². The zero-order chi connectivity index (χ0) is 16.1. The van der Waals surface area contributed by atoms with Crippen LogP contribution in [0.1, 0.15) is 45.4 Å². The average Bonchev–Trinajstić information content (AvgIpc) is 2.43. The minimum absolute atomic E-state index is 0.195. The van der Waals surface area contributed by atoms with Gasteiger partial charge in [0.05, 0.1) is 17.2 Å². The van der Waals surface area contributed by atoms with Crippen LogP contribution in [0.3, 0.4) is 0 Å². The maximum atomic E-state index is 10.2. The van der Waals surface area contributed by atoms with Crippen LogP contribution in [-0.4, -0.2) is 25.8 Å². The van der Waals surface area contributed by atoms with Crippen LogP contribution in [0.15, 0.2) is 29.2 Å². The molecule has 0 amide bonds. The predicted octanol–water partition coefficient (Wildman–Crippen LogP) is 2.96. The third-order valence-corrected chi connectivity index (χ3v) is 3.96. The topological polar surface area (TPSA) is 66.4 Å². The molecule has 0 heterocycles. The van der Waals surface area contributed by atoms with Gasteiger partial charge in [-0.2, -0.15) is 0 Å². The van der Waals surface area contributed by atoms with Crippen LogP contribution >= 0.6 is 0 Å². The molecule has 0 N–H and O–H groups in total. The molecule has 1 aromatic rings. The summed E-state index contributed by atoms with van der Waals surface area (Å²) in [6.45, 7) is 2.13. The molecule has 1 aromatic carbocycles. The Kier molecular flexibility index (Phi) is 11.5. The van der Waals surface area contributed by atoms with Crippen molar-refractivity contribution in [3.05, 3.63) is 24.3 Å². The van der Waals surface area contributed by atoms with Gasteiger partial charge < -0.3 is 9.29 Å². The number of hydrogen-bond donors (Lipinski definition) is 0. The van der Waals surface area contributed by atoms with Gasteiger partial charge in [-0.15, -0.1) is 0 Å². The first-order valence-corrected chi connectivity index (χ1v) is 9.26. The molecule has 4 nitrogen and oxygen atoms in total. The van der Waals surface area contributed by atoms with Gasteiger partial charge in [-0.05, 0) is 43.3 Å². The number of benzene rings is 1. The summed E-state index contributed by atoms with van der Waals surface area (Å²) in [5, 5.41) is 0. The molecule has 0 unspecified atom stereocenters. The predicted molar refractivity (Wildman–Crippen MR) is 89.4 cm³/mol. The van der Waals surface area contributed by atoms with E-state index >= 15 is 0 Å². The molecule has 0 bridgehead atoms. The highest BCUT2D eigenvalue weighted by Crippen LogP contribution is 2.09. The van der Waals surface area contributed by atoms with Crippen LogP contribution in [0.4, 0.5) is 0 Å². The molecule has 0 atom stereocenters. The van der Waals surface area contributed by atoms with Gasteiger partial charge in [0.15, 0.2) is 4.90 Å². The van der Waals surface area contributed by atoms with Crippen LogP contribution in [0, 0.1) is 0 Å². The van der Waals surface area contributed by atoms with Crippen molar-refractivity contribution >= 4 is 22.7 Å². The van der Waals surface area contributed by atoms with Crippen molar-refractivity contribution in [3.8, 4) is 5.75 Å². The van der Waals surface area contributed by atoms with E-state index in [9.17, 15) is 13.0 Å². The number of methoxy groups -OCH3 is 1. The fourth-order valence-corrected chi connectivity index (χ4v) is 2.37. The summed E-state index contributed by atoms with van der Waals surface area (Å²) in [5.41, 5.74) is 0. The quantitative estimate of drug-likeness (QED) is 0.416. The van der Waals surface area contributed by atoms with Crippen LogP contribution < -0.4 is 4.74 Å². The van der Waals surface area contributed by atoms with E-state index in [0.29, 0.717) is 6.42 Å². The Bertz CT molecular complexity index is 455. The molecule has 0 saturated carbocycles. The normalized spacial score (nSPS) is 10.7. The van der Waals surface area contributed by atoms with Gasteiger partial charge in [0.1, 0.15) is 5.75 Å². The van der Waals surface area contributed by atoms with Crippen molar-refractivity contribution in [1.82, 2.24) is 0 Å². The van der Waals surface area contributed by atoms with E-state index in [1.165, 1.54) is 12.8 Å². The third kappa shape index (κ3) is 14.0. The molecule has 122 valence electrons. The molecule has 6 heteroatoms. The minimum atomic E-state index is -3.97. The van der Waals surface area contributed by atoms with E-state index < -0.39 is 10.1 Å². The molecule has 21 heavy (non-hydrogen) atoms. The van der Waals surface area contributed by atoms with Crippen LogP contribution in [-0.2, 0) is 22.7 Å². The highest BCUT2D eigenvalue weighted by molar-refractivity contribution is 7.85. The van der Waals surface area contributed by atoms with E-state index in [-0.39, 0.29) is 5.75 Å². The zero-order valence-electron chi connectivity index (χ0n) is 12.8. The number of unbranched alkanes of at least 4 members (excludes halogenated alkanes) is 5. The largest absolute Gasteiger partial charge is 0.748 e. The first-order valence-electron chi connectivity index (χ1n) is 7.18. The van der Waals surface area contributed by atoms with Gasteiger partial charge in [0, 0.05) is 5.75 Å². The highest BCUT2D eigenvalue weighted by atomic mass is 32.2. The second-order valence-corrected chi connectivity index (χ2v) is 6.86. The van der Waals surface area contributed by atoms with Gasteiger partial charge in [-0.1, -0.05) is 39.0 Å². The summed E-state index contributed by atoms with van der Waals surface area (Å²) >= 11 is 3.37. The Morgan fingerprint density at radius 3 is 2.05 bits per heavy atom. The number of rotatable bonds is 8. The Morgan fingerprint density at radius 2 is 1.57 bits per heavy atom. The SMILES string of the molecule is CCCCCCCCS(=O)(=O)[O-].COc1ccc([SH2+])cc1. The summed E-state index contributed by atoms with van der Waals surface area (Å²) in [6.07, 6.45) is 5.96. The lowest BCUT2D eigenvalue weighted by molar-refractivity contribution is 0.414. The Hall–Kier alpha value is -0.720. The van der Waals surface area contributed by atoms with E-state index in [1.54, 1.807) is 7.11 Å². The van der Waals surface area contributed by atoms with Gasteiger partial charge in [0.25, 0.3) is 0 Å². The van der Waals surface area contributed by atoms with Crippen molar-refractivity contribution in [2.45, 2.75) is 50.3 Å². The summed E-state index contributed by atoms with van der Waals surface area (Å²) < 4.78 is 35.4. The molecule has 0 aliphatic carbocycles. The molecule has 0 aliphatic rings. The third-order valence-electron chi connectivity index (χ3n) is 2.84. The van der Waals surface area contributed by atoms with Gasteiger partial charge in [0.2, 0.25) is 0 Å². The molecular formula is C15H26O4S2. The molecular weight excluding hydrogens is 308 g/mol. The standard InChI is InChI=1S/C8H18O3S.C7H8OS/c1-2-3-4-5-6-7-8-12(9,10)11;1-8-6-2-4-7(9)5-3-6/h2-8H2,1H3,(H,9,10,11);2-5,9H,1H3. The first kappa shape index (κ1) is 20.3. The lowest BCUT2D eigenvalue weighted by Gasteiger charge is -2.05. The van der Waals surface area contributed by atoms with E-state index in [2.05, 4.69) is 19.6 Å². The summed E-state index contributed by atoms with van der Waals surface area (Å²) in [4.78, 5) is 1.07. The smallest absolute Gasteiger partial charge is 0.150 e. The Morgan fingerprint density at radius 1 is 1.05 bits per heavy atom. The fraction of sp³-hybridized carbons (Fsp3) is 0.600. The second kappa shape index (κ2) is 11.9. The van der Waals surface area contributed by atoms with Crippen molar-refractivity contribution in [2.75, 3.05) is 12.9 Å². The average molecular weight is 335 g/mol. The van der Waals surface area contributed by atoms with Crippen molar-refractivity contribution in [3.63, 3.8) is 0 Å². The highest BCUT2D eigenvalue weighted by Gasteiger charge is 1.94. The summed E-state index contributed by atoms with van der Waals surface area (Å²) in [7, 11) is -2.31. The molecule has 0 saturated heterocycles. The lowest BCUT2D eigenvalue weighted by atomic mass is 10.1. The number of hydrogen-bond acceptors (Lipinski definition) is 4. The maximum absolute atomic E-state index is 10.2. The molecule has 0 aliphatic heterocycles. The molecule has 1 rings (SSSR count).